The van der Waals surface area contributed by atoms with Gasteiger partial charge in [0.2, 0.25) is 0 Å². The van der Waals surface area contributed by atoms with Gasteiger partial charge in [-0.15, -0.1) is 0 Å². The number of hydrogen-bond donors (Lipinski definition) is 0. The fraction of sp³-hybridized carbons (Fsp3) is 0.429. The fourth-order valence-electron chi connectivity index (χ4n) is 2.67. The van der Waals surface area contributed by atoms with Gasteiger partial charge in [-0.05, 0) is 60.2 Å². The fourth-order valence-corrected chi connectivity index (χ4v) is 3.08. The van der Waals surface area contributed by atoms with Gasteiger partial charge in [0.15, 0.2) is 0 Å². The van der Waals surface area contributed by atoms with Gasteiger partial charge in [0, 0.05) is 22.6 Å². The molecule has 18 heavy (non-hydrogen) atoms. The summed E-state index contributed by atoms with van der Waals surface area (Å²) in [6.07, 6.45) is 8.62. The van der Waals surface area contributed by atoms with Crippen LogP contribution in [0.5, 0.6) is 0 Å². The van der Waals surface area contributed by atoms with Crippen LogP contribution in [0.25, 0.3) is 0 Å². The first kappa shape index (κ1) is 11.9. The highest BCUT2D eigenvalue weighted by molar-refractivity contribution is 9.10. The number of pyridine rings is 1. The maximum atomic E-state index is 4.70. The lowest BCUT2D eigenvalue weighted by molar-refractivity contribution is 0.624. The second kappa shape index (κ2) is 4.84. The number of aromatic nitrogens is 3. The van der Waals surface area contributed by atoms with Crippen molar-refractivity contribution in [3.05, 3.63) is 45.7 Å². The van der Waals surface area contributed by atoms with Crippen molar-refractivity contribution in [3.63, 3.8) is 0 Å². The first-order chi connectivity index (χ1) is 8.74. The molecule has 2 aromatic rings. The maximum absolute atomic E-state index is 4.70. The van der Waals surface area contributed by atoms with E-state index in [1.54, 1.807) is 0 Å². The Balaban J connectivity index is 1.95. The molecule has 4 heteroatoms. The summed E-state index contributed by atoms with van der Waals surface area (Å²) in [4.78, 5) is 8.93. The lowest BCUT2D eigenvalue weighted by Gasteiger charge is -2.14. The van der Waals surface area contributed by atoms with E-state index in [-0.39, 0.29) is 0 Å². The van der Waals surface area contributed by atoms with Crippen molar-refractivity contribution >= 4 is 15.9 Å². The van der Waals surface area contributed by atoms with Gasteiger partial charge in [-0.3, -0.25) is 4.98 Å². The van der Waals surface area contributed by atoms with Gasteiger partial charge in [-0.1, -0.05) is 0 Å². The Morgan fingerprint density at radius 2 is 2.11 bits per heavy atom. The molecule has 3 nitrogen and oxygen atoms in total. The quantitative estimate of drug-likeness (QED) is 0.852. The SMILES string of the molecule is Cc1nc2c(n1Cc1cncc(Br)c1)CCCC2. The summed E-state index contributed by atoms with van der Waals surface area (Å²) in [5.74, 6) is 1.13. The summed E-state index contributed by atoms with van der Waals surface area (Å²) in [5, 5.41) is 0. The summed E-state index contributed by atoms with van der Waals surface area (Å²) < 4.78 is 3.38. The molecule has 1 aliphatic rings. The van der Waals surface area contributed by atoms with Crippen LogP contribution in [0, 0.1) is 6.92 Å². The van der Waals surface area contributed by atoms with Crippen molar-refractivity contribution < 1.29 is 0 Å². The van der Waals surface area contributed by atoms with E-state index in [1.807, 2.05) is 12.4 Å². The Bertz CT molecular complexity index is 574. The minimum Gasteiger partial charge on any atom is -0.328 e. The normalized spacial score (nSPS) is 14.6. The Kier molecular flexibility index (Phi) is 3.20. The first-order valence-corrected chi connectivity index (χ1v) is 7.17. The second-order valence-electron chi connectivity index (χ2n) is 4.86. The molecule has 0 aliphatic heterocycles. The summed E-state index contributed by atoms with van der Waals surface area (Å²) in [6, 6.07) is 2.13. The maximum Gasteiger partial charge on any atom is 0.106 e. The molecule has 0 spiro atoms. The predicted molar refractivity (Wildman–Crippen MR) is 74.6 cm³/mol. The van der Waals surface area contributed by atoms with Crippen LogP contribution in [-0.4, -0.2) is 14.5 Å². The Morgan fingerprint density at radius 3 is 2.94 bits per heavy atom. The van der Waals surface area contributed by atoms with Crippen LogP contribution in [0.2, 0.25) is 0 Å². The standard InChI is InChI=1S/C14H16BrN3/c1-10-17-13-4-2-3-5-14(13)18(10)9-11-6-12(15)8-16-7-11/h6-8H,2-5,9H2,1H3. The zero-order valence-corrected chi connectivity index (χ0v) is 12.1. The molecule has 0 atom stereocenters. The molecule has 0 radical (unpaired) electrons. The molecule has 0 amide bonds. The highest BCUT2D eigenvalue weighted by Crippen LogP contribution is 2.23. The largest absolute Gasteiger partial charge is 0.328 e. The Morgan fingerprint density at radius 1 is 1.28 bits per heavy atom. The topological polar surface area (TPSA) is 30.7 Å². The first-order valence-electron chi connectivity index (χ1n) is 6.38. The summed E-state index contributed by atoms with van der Waals surface area (Å²) in [5.41, 5.74) is 3.96. The van der Waals surface area contributed by atoms with Crippen LogP contribution in [0.15, 0.2) is 22.9 Å². The van der Waals surface area contributed by atoms with Crippen molar-refractivity contribution in [2.24, 2.45) is 0 Å². The number of halogens is 1. The van der Waals surface area contributed by atoms with Crippen LogP contribution in [0.4, 0.5) is 0 Å². The summed E-state index contributed by atoms with van der Waals surface area (Å²) in [6.45, 7) is 2.98. The average Bonchev–Trinajstić information content (AvgIpc) is 2.66. The molecule has 0 unspecified atom stereocenters. The van der Waals surface area contributed by atoms with Gasteiger partial charge in [0.05, 0.1) is 12.2 Å². The molecular weight excluding hydrogens is 290 g/mol. The highest BCUT2D eigenvalue weighted by atomic mass is 79.9. The smallest absolute Gasteiger partial charge is 0.106 e. The van der Waals surface area contributed by atoms with Gasteiger partial charge in [-0.2, -0.15) is 0 Å². The van der Waals surface area contributed by atoms with Gasteiger partial charge < -0.3 is 4.57 Å². The molecule has 0 N–H and O–H groups in total. The van der Waals surface area contributed by atoms with E-state index in [9.17, 15) is 0 Å². The van der Waals surface area contributed by atoms with Crippen molar-refractivity contribution in [2.75, 3.05) is 0 Å². The lowest BCUT2D eigenvalue weighted by atomic mass is 10.0. The summed E-state index contributed by atoms with van der Waals surface area (Å²) >= 11 is 3.47. The second-order valence-corrected chi connectivity index (χ2v) is 5.77. The van der Waals surface area contributed by atoms with Crippen LogP contribution in [-0.2, 0) is 19.4 Å². The van der Waals surface area contributed by atoms with Crippen LogP contribution < -0.4 is 0 Å². The molecule has 1 aliphatic carbocycles. The Labute approximate surface area is 115 Å². The molecule has 0 saturated carbocycles. The van der Waals surface area contributed by atoms with E-state index in [0.29, 0.717) is 0 Å². The van der Waals surface area contributed by atoms with E-state index in [0.717, 1.165) is 29.7 Å². The van der Waals surface area contributed by atoms with Crippen molar-refractivity contribution in [2.45, 2.75) is 39.2 Å². The molecule has 3 rings (SSSR count). The number of nitrogens with zero attached hydrogens (tertiary/aromatic N) is 3. The molecule has 0 fully saturated rings. The van der Waals surface area contributed by atoms with E-state index < -0.39 is 0 Å². The molecule has 0 aromatic carbocycles. The predicted octanol–water partition coefficient (Wildman–Crippen LogP) is 3.28. The van der Waals surface area contributed by atoms with Crippen molar-refractivity contribution in [3.8, 4) is 0 Å². The summed E-state index contributed by atoms with van der Waals surface area (Å²) in [7, 11) is 0. The zero-order valence-electron chi connectivity index (χ0n) is 10.5. The zero-order chi connectivity index (χ0) is 12.5. The van der Waals surface area contributed by atoms with Crippen molar-refractivity contribution in [1.29, 1.82) is 0 Å². The monoisotopic (exact) mass is 305 g/mol. The number of aryl methyl sites for hydroxylation is 2. The molecular formula is C14H16BrN3. The molecule has 2 heterocycles. The van der Waals surface area contributed by atoms with E-state index >= 15 is 0 Å². The van der Waals surface area contributed by atoms with Gasteiger partial charge in [-0.25, -0.2) is 4.98 Å². The molecule has 94 valence electrons. The third kappa shape index (κ3) is 2.21. The highest BCUT2D eigenvalue weighted by Gasteiger charge is 2.17. The van der Waals surface area contributed by atoms with Gasteiger partial charge in [0.1, 0.15) is 5.82 Å². The number of rotatable bonds is 2. The average molecular weight is 306 g/mol. The van der Waals surface area contributed by atoms with Crippen LogP contribution in [0.3, 0.4) is 0 Å². The number of imidazole rings is 1. The molecule has 2 aromatic heterocycles. The molecule has 0 bridgehead atoms. The van der Waals surface area contributed by atoms with E-state index in [2.05, 4.69) is 38.5 Å². The lowest BCUT2D eigenvalue weighted by Crippen LogP contribution is -2.10. The van der Waals surface area contributed by atoms with Gasteiger partial charge >= 0.3 is 0 Å². The number of fused-ring (bicyclic) bond motifs is 1. The molecule has 0 saturated heterocycles. The van der Waals surface area contributed by atoms with Crippen molar-refractivity contribution in [1.82, 2.24) is 14.5 Å². The Hall–Kier alpha value is -1.16. The van der Waals surface area contributed by atoms with Crippen LogP contribution in [0.1, 0.15) is 35.6 Å². The minimum atomic E-state index is 0.876. The number of hydrogen-bond acceptors (Lipinski definition) is 2. The third-order valence-electron chi connectivity index (χ3n) is 3.53. The van der Waals surface area contributed by atoms with Gasteiger partial charge in [0.25, 0.3) is 0 Å². The minimum absolute atomic E-state index is 0.876. The van der Waals surface area contributed by atoms with Crippen LogP contribution >= 0.6 is 15.9 Å². The van der Waals surface area contributed by atoms with E-state index in [4.69, 9.17) is 4.98 Å². The van der Waals surface area contributed by atoms with E-state index in [1.165, 1.54) is 29.8 Å². The third-order valence-corrected chi connectivity index (χ3v) is 3.96.